The molecule has 3 N–H and O–H groups in total. The summed E-state index contributed by atoms with van der Waals surface area (Å²) in [5.74, 6) is -2.42. The molecule has 3 rings (SSSR count). The molecule has 2 heterocycles. The third kappa shape index (κ3) is 6.25. The summed E-state index contributed by atoms with van der Waals surface area (Å²) >= 11 is 0. The maximum atomic E-state index is 14.0. The molecule has 1 aliphatic rings. The minimum atomic E-state index is -3.11. The predicted octanol–water partition coefficient (Wildman–Crippen LogP) is 4.00. The lowest BCUT2D eigenvalue weighted by molar-refractivity contribution is 0.197. The van der Waals surface area contributed by atoms with Gasteiger partial charge in [0, 0.05) is 12.3 Å². The zero-order chi connectivity index (χ0) is 24.0. The Kier molecular flexibility index (Phi) is 7.93. The zero-order valence-corrected chi connectivity index (χ0v) is 17.9. The van der Waals surface area contributed by atoms with Gasteiger partial charge in [-0.25, -0.2) is 9.40 Å². The van der Waals surface area contributed by atoms with E-state index >= 15 is 0 Å². The summed E-state index contributed by atoms with van der Waals surface area (Å²) in [5, 5.41) is 22.2. The van der Waals surface area contributed by atoms with E-state index in [1.54, 1.807) is 6.07 Å². The van der Waals surface area contributed by atoms with Crippen molar-refractivity contribution in [2.75, 3.05) is 30.5 Å². The van der Waals surface area contributed by atoms with E-state index in [4.69, 9.17) is 10.8 Å². The number of likely N-dealkylation sites (tertiary alicyclic amines) is 1. The van der Waals surface area contributed by atoms with Crippen LogP contribution in [0.4, 0.5) is 24.5 Å². The van der Waals surface area contributed by atoms with Crippen LogP contribution in [0.15, 0.2) is 41.8 Å². The van der Waals surface area contributed by atoms with Crippen molar-refractivity contribution in [3.8, 4) is 0 Å². The zero-order valence-electron chi connectivity index (χ0n) is 17.9. The Morgan fingerprint density at radius 1 is 1.30 bits per heavy atom. The number of nitrogens with one attached hydrogen (secondary N) is 3. The van der Waals surface area contributed by atoms with Gasteiger partial charge in [0.15, 0.2) is 0 Å². The quantitative estimate of drug-likeness (QED) is 0.236. The molecule has 12 heteroatoms. The largest absolute Gasteiger partial charge is 0.419 e. The molecular weight excluding hydrogens is 439 g/mol. The van der Waals surface area contributed by atoms with Gasteiger partial charge in [-0.1, -0.05) is 0 Å². The van der Waals surface area contributed by atoms with E-state index < -0.39 is 24.0 Å². The van der Waals surface area contributed by atoms with Crippen molar-refractivity contribution in [2.45, 2.75) is 31.9 Å². The molecule has 1 aromatic heterocycles. The minimum Gasteiger partial charge on any atom is -0.419 e. The van der Waals surface area contributed by atoms with E-state index in [0.29, 0.717) is 17.1 Å². The lowest BCUT2D eigenvalue weighted by atomic mass is 10.0. The number of rotatable bonds is 8. The standard InChI is InChI=1S/C21H24F3N7O2/c1-30-8-6-16(7-9-30)31(29-32)18-10-14(22)3-5-17(18)28-12-15-4-2-13(11-27-15)20(25)33-21(26)19(23)24/h2-5,10-11,16,19,25-26,28H,6-9,12H2,1H3. The average Bonchev–Trinajstić information content (AvgIpc) is 2.80. The Labute approximate surface area is 188 Å². The molecule has 1 saturated heterocycles. The van der Waals surface area contributed by atoms with Crippen molar-refractivity contribution in [3.63, 3.8) is 0 Å². The van der Waals surface area contributed by atoms with Gasteiger partial charge >= 0.3 is 6.43 Å². The Morgan fingerprint density at radius 3 is 2.64 bits per heavy atom. The van der Waals surface area contributed by atoms with Gasteiger partial charge in [-0.15, -0.1) is 4.91 Å². The van der Waals surface area contributed by atoms with Crippen LogP contribution in [0.25, 0.3) is 0 Å². The van der Waals surface area contributed by atoms with Crippen molar-refractivity contribution in [1.82, 2.24) is 9.88 Å². The smallest absolute Gasteiger partial charge is 0.312 e. The summed E-state index contributed by atoms with van der Waals surface area (Å²) in [4.78, 5) is 18.0. The number of nitroso groups, excluding NO2 is 1. The molecule has 1 fully saturated rings. The fourth-order valence-corrected chi connectivity index (χ4v) is 3.45. The van der Waals surface area contributed by atoms with Gasteiger partial charge in [0.25, 0.3) is 5.90 Å². The van der Waals surface area contributed by atoms with Gasteiger partial charge in [0.2, 0.25) is 5.90 Å². The molecule has 33 heavy (non-hydrogen) atoms. The summed E-state index contributed by atoms with van der Waals surface area (Å²) in [6, 6.07) is 6.92. The highest BCUT2D eigenvalue weighted by Gasteiger charge is 2.26. The normalized spacial score (nSPS) is 14.7. The molecule has 0 amide bonds. The number of anilines is 2. The third-order valence-corrected chi connectivity index (χ3v) is 5.29. The Morgan fingerprint density at radius 2 is 2.03 bits per heavy atom. The second-order valence-electron chi connectivity index (χ2n) is 7.61. The Hall–Kier alpha value is -3.54. The molecule has 176 valence electrons. The first-order valence-electron chi connectivity index (χ1n) is 10.2. The first-order valence-corrected chi connectivity index (χ1v) is 10.2. The molecule has 0 radical (unpaired) electrons. The molecule has 0 atom stereocenters. The van der Waals surface area contributed by atoms with Crippen molar-refractivity contribution in [3.05, 3.63) is 58.5 Å². The fraction of sp³-hybridized carbons (Fsp3) is 0.381. The van der Waals surface area contributed by atoms with Crippen molar-refractivity contribution in [1.29, 1.82) is 10.8 Å². The van der Waals surface area contributed by atoms with Crippen LogP contribution in [0, 0.1) is 21.5 Å². The predicted molar refractivity (Wildman–Crippen MR) is 118 cm³/mol. The van der Waals surface area contributed by atoms with Gasteiger partial charge in [-0.3, -0.25) is 15.8 Å². The fourth-order valence-electron chi connectivity index (χ4n) is 3.45. The third-order valence-electron chi connectivity index (χ3n) is 5.29. The van der Waals surface area contributed by atoms with Crippen LogP contribution in [-0.4, -0.2) is 54.3 Å². The average molecular weight is 463 g/mol. The van der Waals surface area contributed by atoms with Gasteiger partial charge < -0.3 is 15.0 Å². The number of benzene rings is 1. The molecule has 0 spiro atoms. The maximum absolute atomic E-state index is 14.0. The highest BCUT2D eigenvalue weighted by atomic mass is 19.3. The molecule has 0 saturated carbocycles. The molecule has 1 aromatic carbocycles. The van der Waals surface area contributed by atoms with Gasteiger partial charge in [0.1, 0.15) is 5.82 Å². The Bertz CT molecular complexity index is 996. The molecule has 0 aliphatic carbocycles. The van der Waals surface area contributed by atoms with E-state index in [-0.39, 0.29) is 18.2 Å². The number of hydrogen-bond donors (Lipinski definition) is 3. The second-order valence-corrected chi connectivity index (χ2v) is 7.61. The van der Waals surface area contributed by atoms with Crippen molar-refractivity contribution in [2.24, 2.45) is 5.29 Å². The van der Waals surface area contributed by atoms with Crippen LogP contribution in [0.5, 0.6) is 0 Å². The topological polar surface area (TPSA) is 118 Å². The summed E-state index contributed by atoms with van der Waals surface area (Å²) in [6.45, 7) is 1.82. The highest BCUT2D eigenvalue weighted by Crippen LogP contribution is 2.32. The van der Waals surface area contributed by atoms with E-state index in [9.17, 15) is 18.1 Å². The lowest BCUT2D eigenvalue weighted by Crippen LogP contribution is -2.41. The first kappa shape index (κ1) is 24.1. The summed E-state index contributed by atoms with van der Waals surface area (Å²) in [5.41, 5.74) is 1.50. The summed E-state index contributed by atoms with van der Waals surface area (Å²) < 4.78 is 43.2. The van der Waals surface area contributed by atoms with Gasteiger partial charge in [-0.2, -0.15) is 8.78 Å². The Balaban J connectivity index is 1.69. The number of piperidine rings is 1. The van der Waals surface area contributed by atoms with E-state index in [1.165, 1.54) is 35.5 Å². The van der Waals surface area contributed by atoms with Crippen LogP contribution in [0.2, 0.25) is 0 Å². The number of ether oxygens (including phenoxy) is 1. The minimum absolute atomic E-state index is 0.130. The number of halogens is 3. The molecule has 0 unspecified atom stereocenters. The molecule has 2 aromatic rings. The van der Waals surface area contributed by atoms with Gasteiger partial charge in [-0.05, 0) is 57.2 Å². The van der Waals surface area contributed by atoms with E-state index in [0.717, 1.165) is 25.9 Å². The number of aromatic nitrogens is 1. The van der Waals surface area contributed by atoms with Crippen LogP contribution >= 0.6 is 0 Å². The van der Waals surface area contributed by atoms with Crippen LogP contribution < -0.4 is 10.3 Å². The van der Waals surface area contributed by atoms with Crippen molar-refractivity contribution < 1.29 is 17.9 Å². The van der Waals surface area contributed by atoms with E-state index in [2.05, 4.69) is 25.2 Å². The summed E-state index contributed by atoms with van der Waals surface area (Å²) in [6.07, 6.45) is -0.403. The van der Waals surface area contributed by atoms with Crippen LogP contribution in [0.3, 0.4) is 0 Å². The van der Waals surface area contributed by atoms with Crippen LogP contribution in [-0.2, 0) is 11.3 Å². The summed E-state index contributed by atoms with van der Waals surface area (Å²) in [7, 11) is 2.00. The SMILES string of the molecule is CN1CCC(N(N=O)c2cc(F)ccc2NCc2ccc(C(=N)OC(=N)C(F)F)cn2)CC1. The monoisotopic (exact) mass is 463 g/mol. The number of alkyl halides is 2. The second kappa shape index (κ2) is 10.9. The molecule has 0 bridgehead atoms. The number of pyridine rings is 1. The molecule has 1 aliphatic heterocycles. The first-order chi connectivity index (χ1) is 15.8. The maximum Gasteiger partial charge on any atom is 0.312 e. The van der Waals surface area contributed by atoms with E-state index in [1.807, 2.05) is 7.05 Å². The molecular formula is C21H24F3N7O2. The highest BCUT2D eigenvalue weighted by molar-refractivity contribution is 5.99. The number of nitrogens with zero attached hydrogens (tertiary/aromatic N) is 4. The van der Waals surface area contributed by atoms with Gasteiger partial charge in [0.05, 0.1) is 40.5 Å². The lowest BCUT2D eigenvalue weighted by Gasteiger charge is -2.34. The van der Waals surface area contributed by atoms with Crippen LogP contribution in [0.1, 0.15) is 24.1 Å². The molecule has 9 nitrogen and oxygen atoms in total. The number of hydrogen-bond acceptors (Lipinski definition) is 8. The van der Waals surface area contributed by atoms with Crippen molar-refractivity contribution >= 4 is 23.2 Å².